The maximum atomic E-state index is 11.8. The predicted octanol–water partition coefficient (Wildman–Crippen LogP) is 3.22. The fourth-order valence-electron chi connectivity index (χ4n) is 1.91. The first-order valence-corrected chi connectivity index (χ1v) is 7.26. The number of nitrogens with zero attached hydrogens (tertiary/aromatic N) is 2. The van der Waals surface area contributed by atoms with Gasteiger partial charge in [0.15, 0.2) is 0 Å². The lowest BCUT2D eigenvalue weighted by molar-refractivity contribution is 0.0602. The summed E-state index contributed by atoms with van der Waals surface area (Å²) < 4.78 is 4.77. The maximum Gasteiger partial charge on any atom is 0.339 e. The van der Waals surface area contributed by atoms with Crippen LogP contribution < -0.4 is 10.6 Å². The molecule has 0 radical (unpaired) electrons. The average molecular weight is 300 g/mol. The molecule has 22 heavy (non-hydrogen) atoms. The van der Waals surface area contributed by atoms with E-state index in [1.165, 1.54) is 7.11 Å². The standard InChI is InChI=1S/C16H20N4O2/c1-3-4-10-17-14-9-11-18-16(20-14)19-13-8-6-5-7-12(13)15(21)22-2/h5-9,11H,3-4,10H2,1-2H3,(H2,17,18,19,20). The number of para-hydroxylation sites is 1. The third-order valence-electron chi connectivity index (χ3n) is 3.07. The molecular formula is C16H20N4O2. The molecule has 2 aromatic rings. The first-order valence-electron chi connectivity index (χ1n) is 7.26. The van der Waals surface area contributed by atoms with Crippen molar-refractivity contribution in [2.24, 2.45) is 0 Å². The molecular weight excluding hydrogens is 280 g/mol. The van der Waals surface area contributed by atoms with Gasteiger partial charge in [0, 0.05) is 12.7 Å². The molecule has 0 unspecified atom stereocenters. The number of hydrogen-bond acceptors (Lipinski definition) is 6. The van der Waals surface area contributed by atoms with E-state index in [2.05, 4.69) is 27.5 Å². The van der Waals surface area contributed by atoms with Gasteiger partial charge in [-0.15, -0.1) is 0 Å². The van der Waals surface area contributed by atoms with Crippen molar-refractivity contribution in [3.63, 3.8) is 0 Å². The highest BCUT2D eigenvalue weighted by atomic mass is 16.5. The molecule has 2 N–H and O–H groups in total. The van der Waals surface area contributed by atoms with Crippen molar-refractivity contribution in [2.45, 2.75) is 19.8 Å². The third kappa shape index (κ3) is 4.18. The third-order valence-corrected chi connectivity index (χ3v) is 3.07. The Hall–Kier alpha value is -2.63. The first kappa shape index (κ1) is 15.8. The second kappa shape index (κ2) is 7.97. The van der Waals surface area contributed by atoms with Gasteiger partial charge in [-0.2, -0.15) is 4.98 Å². The van der Waals surface area contributed by atoms with Gasteiger partial charge in [-0.05, 0) is 24.6 Å². The van der Waals surface area contributed by atoms with Crippen LogP contribution in [0.5, 0.6) is 0 Å². The molecule has 0 aliphatic carbocycles. The van der Waals surface area contributed by atoms with Gasteiger partial charge < -0.3 is 15.4 Å². The van der Waals surface area contributed by atoms with E-state index in [1.54, 1.807) is 24.4 Å². The van der Waals surface area contributed by atoms with Crippen LogP contribution in [-0.2, 0) is 4.74 Å². The highest BCUT2D eigenvalue weighted by Crippen LogP contribution is 2.20. The average Bonchev–Trinajstić information content (AvgIpc) is 2.55. The highest BCUT2D eigenvalue weighted by molar-refractivity contribution is 5.96. The second-order valence-corrected chi connectivity index (χ2v) is 4.71. The van der Waals surface area contributed by atoms with Crippen LogP contribution in [0.25, 0.3) is 0 Å². The summed E-state index contributed by atoms with van der Waals surface area (Å²) in [6, 6.07) is 8.90. The van der Waals surface area contributed by atoms with Gasteiger partial charge in [0.1, 0.15) is 5.82 Å². The van der Waals surface area contributed by atoms with Gasteiger partial charge in [0.25, 0.3) is 0 Å². The molecule has 0 fully saturated rings. The van der Waals surface area contributed by atoms with Gasteiger partial charge in [-0.25, -0.2) is 9.78 Å². The molecule has 0 atom stereocenters. The van der Waals surface area contributed by atoms with Crippen molar-refractivity contribution in [1.82, 2.24) is 9.97 Å². The summed E-state index contributed by atoms with van der Waals surface area (Å²) in [4.78, 5) is 20.3. The van der Waals surface area contributed by atoms with E-state index in [0.717, 1.165) is 25.2 Å². The minimum Gasteiger partial charge on any atom is -0.465 e. The summed E-state index contributed by atoms with van der Waals surface area (Å²) in [6.45, 7) is 3.00. The second-order valence-electron chi connectivity index (χ2n) is 4.71. The Balaban J connectivity index is 2.14. The summed E-state index contributed by atoms with van der Waals surface area (Å²) in [5, 5.41) is 6.29. The number of methoxy groups -OCH3 is 1. The largest absolute Gasteiger partial charge is 0.465 e. The zero-order valence-electron chi connectivity index (χ0n) is 12.8. The Morgan fingerprint density at radius 2 is 2.09 bits per heavy atom. The van der Waals surface area contributed by atoms with E-state index < -0.39 is 5.97 Å². The number of nitrogens with one attached hydrogen (secondary N) is 2. The SMILES string of the molecule is CCCCNc1ccnc(Nc2ccccc2C(=O)OC)n1. The number of anilines is 3. The Bertz CT molecular complexity index is 631. The number of carbonyl (C=O) groups excluding carboxylic acids is 1. The quantitative estimate of drug-likeness (QED) is 0.604. The van der Waals surface area contributed by atoms with Crippen LogP contribution in [0.15, 0.2) is 36.5 Å². The first-order chi connectivity index (χ1) is 10.7. The number of ether oxygens (including phenoxy) is 1. The number of rotatable bonds is 7. The van der Waals surface area contributed by atoms with Crippen molar-refractivity contribution < 1.29 is 9.53 Å². The van der Waals surface area contributed by atoms with Crippen molar-refractivity contribution in [3.8, 4) is 0 Å². The van der Waals surface area contributed by atoms with E-state index in [0.29, 0.717) is 17.2 Å². The van der Waals surface area contributed by atoms with Crippen LogP contribution in [0.2, 0.25) is 0 Å². The van der Waals surface area contributed by atoms with Crippen LogP contribution in [0.3, 0.4) is 0 Å². The zero-order valence-corrected chi connectivity index (χ0v) is 12.8. The number of esters is 1. The summed E-state index contributed by atoms with van der Waals surface area (Å²) in [7, 11) is 1.36. The molecule has 0 saturated carbocycles. The molecule has 0 aliphatic rings. The van der Waals surface area contributed by atoms with E-state index in [9.17, 15) is 4.79 Å². The maximum absolute atomic E-state index is 11.8. The van der Waals surface area contributed by atoms with E-state index in [-0.39, 0.29) is 0 Å². The molecule has 0 spiro atoms. The van der Waals surface area contributed by atoms with Crippen LogP contribution >= 0.6 is 0 Å². The molecule has 0 bridgehead atoms. The Morgan fingerprint density at radius 1 is 1.27 bits per heavy atom. The fraction of sp³-hybridized carbons (Fsp3) is 0.312. The van der Waals surface area contributed by atoms with Crippen molar-refractivity contribution in [1.29, 1.82) is 0 Å². The van der Waals surface area contributed by atoms with Crippen LogP contribution in [0, 0.1) is 0 Å². The molecule has 116 valence electrons. The molecule has 1 heterocycles. The lowest BCUT2D eigenvalue weighted by Gasteiger charge is -2.10. The van der Waals surface area contributed by atoms with E-state index in [1.807, 2.05) is 12.1 Å². The van der Waals surface area contributed by atoms with Crippen molar-refractivity contribution in [2.75, 3.05) is 24.3 Å². The monoisotopic (exact) mass is 300 g/mol. The lowest BCUT2D eigenvalue weighted by atomic mass is 10.2. The van der Waals surface area contributed by atoms with Crippen LogP contribution in [0.4, 0.5) is 17.5 Å². The normalized spacial score (nSPS) is 10.1. The minimum atomic E-state index is -0.402. The number of unbranched alkanes of at least 4 members (excludes halogenated alkanes) is 1. The Labute approximate surface area is 129 Å². The molecule has 1 aromatic heterocycles. The lowest BCUT2D eigenvalue weighted by Crippen LogP contribution is -2.08. The van der Waals surface area contributed by atoms with Crippen molar-refractivity contribution >= 4 is 23.4 Å². The molecule has 0 saturated heterocycles. The molecule has 2 rings (SSSR count). The summed E-state index contributed by atoms with van der Waals surface area (Å²) in [6.07, 6.45) is 3.87. The minimum absolute atomic E-state index is 0.402. The summed E-state index contributed by atoms with van der Waals surface area (Å²) in [5.41, 5.74) is 1.05. The van der Waals surface area contributed by atoms with Crippen molar-refractivity contribution in [3.05, 3.63) is 42.1 Å². The molecule has 0 amide bonds. The number of benzene rings is 1. The van der Waals surface area contributed by atoms with E-state index >= 15 is 0 Å². The Kier molecular flexibility index (Phi) is 5.71. The van der Waals surface area contributed by atoms with Gasteiger partial charge in [-0.1, -0.05) is 25.5 Å². The number of carbonyl (C=O) groups is 1. The van der Waals surface area contributed by atoms with Gasteiger partial charge >= 0.3 is 5.97 Å². The van der Waals surface area contributed by atoms with Gasteiger partial charge in [0.2, 0.25) is 5.95 Å². The fourth-order valence-corrected chi connectivity index (χ4v) is 1.91. The highest BCUT2D eigenvalue weighted by Gasteiger charge is 2.11. The summed E-state index contributed by atoms with van der Waals surface area (Å²) >= 11 is 0. The van der Waals surface area contributed by atoms with Crippen LogP contribution in [-0.4, -0.2) is 29.6 Å². The number of aromatic nitrogens is 2. The molecule has 0 aliphatic heterocycles. The smallest absolute Gasteiger partial charge is 0.339 e. The molecule has 6 nitrogen and oxygen atoms in total. The van der Waals surface area contributed by atoms with E-state index in [4.69, 9.17) is 4.74 Å². The number of hydrogen-bond donors (Lipinski definition) is 2. The van der Waals surface area contributed by atoms with Crippen LogP contribution in [0.1, 0.15) is 30.1 Å². The molecule has 1 aromatic carbocycles. The summed E-state index contributed by atoms with van der Waals surface area (Å²) in [5.74, 6) is 0.777. The van der Waals surface area contributed by atoms with Gasteiger partial charge in [-0.3, -0.25) is 0 Å². The Morgan fingerprint density at radius 3 is 2.86 bits per heavy atom. The van der Waals surface area contributed by atoms with Gasteiger partial charge in [0.05, 0.1) is 18.4 Å². The predicted molar refractivity (Wildman–Crippen MR) is 86.5 cm³/mol. The zero-order chi connectivity index (χ0) is 15.8. The topological polar surface area (TPSA) is 76.1 Å². The molecule has 6 heteroatoms.